The summed E-state index contributed by atoms with van der Waals surface area (Å²) >= 11 is 0. The molecular formula is C21H18O6. The van der Waals surface area contributed by atoms with Crippen LogP contribution in [-0.4, -0.2) is 27.1 Å². The molecule has 3 aromatic rings. The number of fused-ring (bicyclic) bond motifs is 1. The second-order valence-electron chi connectivity index (χ2n) is 5.66. The molecule has 0 spiro atoms. The number of benzene rings is 2. The Morgan fingerprint density at radius 1 is 0.926 bits per heavy atom. The molecule has 1 aromatic heterocycles. The van der Waals surface area contributed by atoms with Crippen LogP contribution in [0.1, 0.15) is 15.9 Å². The minimum Gasteiger partial charge on any atom is -0.497 e. The summed E-state index contributed by atoms with van der Waals surface area (Å²) in [5, 5.41) is 0.513. The van der Waals surface area contributed by atoms with Crippen LogP contribution in [0.2, 0.25) is 0 Å². The summed E-state index contributed by atoms with van der Waals surface area (Å²) in [6.07, 6.45) is 2.95. The van der Waals surface area contributed by atoms with Crippen molar-refractivity contribution in [1.82, 2.24) is 0 Å². The highest BCUT2D eigenvalue weighted by atomic mass is 16.5. The molecule has 2 aromatic carbocycles. The van der Waals surface area contributed by atoms with Crippen LogP contribution in [0.4, 0.5) is 0 Å². The smallest absolute Gasteiger partial charge is 0.347 e. The average Bonchev–Trinajstić information content (AvgIpc) is 2.70. The van der Waals surface area contributed by atoms with Crippen molar-refractivity contribution in [3.05, 3.63) is 70.1 Å². The summed E-state index contributed by atoms with van der Waals surface area (Å²) in [6.45, 7) is 0. The lowest BCUT2D eigenvalue weighted by Crippen LogP contribution is -2.12. The molecule has 0 aliphatic heterocycles. The molecule has 0 saturated heterocycles. The van der Waals surface area contributed by atoms with Gasteiger partial charge in [0, 0.05) is 12.1 Å². The predicted octanol–water partition coefficient (Wildman–Crippen LogP) is 3.71. The lowest BCUT2D eigenvalue weighted by molar-refractivity contribution is 0.104. The molecule has 0 aliphatic carbocycles. The lowest BCUT2D eigenvalue weighted by atomic mass is 10.1. The van der Waals surface area contributed by atoms with E-state index in [0.29, 0.717) is 16.9 Å². The van der Waals surface area contributed by atoms with Gasteiger partial charge in [0.05, 0.1) is 26.7 Å². The van der Waals surface area contributed by atoms with Gasteiger partial charge in [-0.05, 0) is 29.8 Å². The topological polar surface area (TPSA) is 75.0 Å². The molecule has 0 radical (unpaired) electrons. The molecule has 0 unspecified atom stereocenters. The van der Waals surface area contributed by atoms with Crippen LogP contribution in [0, 0.1) is 0 Å². The van der Waals surface area contributed by atoms with Crippen LogP contribution in [0.5, 0.6) is 17.2 Å². The van der Waals surface area contributed by atoms with Gasteiger partial charge < -0.3 is 18.6 Å². The molecule has 1 heterocycles. The largest absolute Gasteiger partial charge is 0.497 e. The molecule has 0 atom stereocenters. The Morgan fingerprint density at radius 3 is 2.26 bits per heavy atom. The van der Waals surface area contributed by atoms with E-state index in [1.54, 1.807) is 49.6 Å². The highest BCUT2D eigenvalue weighted by Gasteiger charge is 2.15. The zero-order chi connectivity index (χ0) is 19.4. The van der Waals surface area contributed by atoms with Crippen LogP contribution in [-0.2, 0) is 0 Å². The number of ether oxygens (including phenoxy) is 3. The Bertz CT molecular complexity index is 1060. The molecule has 0 bridgehead atoms. The summed E-state index contributed by atoms with van der Waals surface area (Å²) in [7, 11) is 4.57. The molecule has 0 saturated carbocycles. The molecule has 0 N–H and O–H groups in total. The Hall–Kier alpha value is -3.54. The van der Waals surface area contributed by atoms with Gasteiger partial charge in [-0.25, -0.2) is 4.79 Å². The number of hydrogen-bond donors (Lipinski definition) is 0. The third-order valence-electron chi connectivity index (χ3n) is 4.05. The first kappa shape index (κ1) is 18.3. The fourth-order valence-corrected chi connectivity index (χ4v) is 2.60. The maximum absolute atomic E-state index is 12.5. The first-order chi connectivity index (χ1) is 13.0. The maximum atomic E-state index is 12.5. The Balaban J connectivity index is 1.97. The Kier molecular flexibility index (Phi) is 5.26. The summed E-state index contributed by atoms with van der Waals surface area (Å²) < 4.78 is 20.9. The number of carbonyl (C=O) groups excluding carboxylic acids is 1. The predicted molar refractivity (Wildman–Crippen MR) is 102 cm³/mol. The van der Waals surface area contributed by atoms with Crippen molar-refractivity contribution in [3.8, 4) is 17.2 Å². The fourth-order valence-electron chi connectivity index (χ4n) is 2.60. The second-order valence-corrected chi connectivity index (χ2v) is 5.66. The van der Waals surface area contributed by atoms with E-state index in [4.69, 9.17) is 18.6 Å². The third kappa shape index (κ3) is 3.84. The molecule has 0 fully saturated rings. The fraction of sp³-hybridized carbons (Fsp3) is 0.143. The average molecular weight is 366 g/mol. The van der Waals surface area contributed by atoms with Gasteiger partial charge in [0.15, 0.2) is 5.78 Å². The van der Waals surface area contributed by atoms with Crippen molar-refractivity contribution in [3.63, 3.8) is 0 Å². The van der Waals surface area contributed by atoms with Gasteiger partial charge in [-0.3, -0.25) is 4.79 Å². The molecule has 3 rings (SSSR count). The summed E-state index contributed by atoms with van der Waals surface area (Å²) in [5.74, 6) is 1.19. The van der Waals surface area contributed by atoms with E-state index in [-0.39, 0.29) is 11.1 Å². The van der Waals surface area contributed by atoms with E-state index in [1.165, 1.54) is 26.4 Å². The summed E-state index contributed by atoms with van der Waals surface area (Å²) in [4.78, 5) is 24.7. The molecule has 27 heavy (non-hydrogen) atoms. The van der Waals surface area contributed by atoms with Crippen LogP contribution >= 0.6 is 0 Å². The molecular weight excluding hydrogens is 348 g/mol. The summed E-state index contributed by atoms with van der Waals surface area (Å²) in [5.41, 5.74) is 0.293. The number of rotatable bonds is 6. The van der Waals surface area contributed by atoms with Gasteiger partial charge in [-0.1, -0.05) is 18.2 Å². The maximum Gasteiger partial charge on any atom is 0.347 e. The minimum absolute atomic E-state index is 0.0734. The van der Waals surface area contributed by atoms with Crippen LogP contribution in [0.25, 0.3) is 17.0 Å². The van der Waals surface area contributed by atoms with E-state index in [9.17, 15) is 9.59 Å². The van der Waals surface area contributed by atoms with Crippen molar-refractivity contribution in [2.45, 2.75) is 0 Å². The Morgan fingerprint density at radius 2 is 1.63 bits per heavy atom. The van der Waals surface area contributed by atoms with Gasteiger partial charge >= 0.3 is 5.63 Å². The normalized spacial score (nSPS) is 10.9. The molecule has 6 heteroatoms. The standard InChI is InChI=1S/C21H18O6/c1-24-14-7-4-13(5-8-14)6-9-18(22)16-12-17-19(26-3)10-15(25-2)11-20(17)27-21(16)23/h4-12H,1-3H3. The van der Waals surface area contributed by atoms with E-state index in [2.05, 4.69) is 0 Å². The molecule has 0 aliphatic rings. The van der Waals surface area contributed by atoms with Crippen molar-refractivity contribution >= 4 is 22.8 Å². The van der Waals surface area contributed by atoms with E-state index >= 15 is 0 Å². The van der Waals surface area contributed by atoms with E-state index in [1.807, 2.05) is 0 Å². The molecule has 0 amide bonds. The van der Waals surface area contributed by atoms with Gasteiger partial charge in [0.1, 0.15) is 28.4 Å². The first-order valence-corrected chi connectivity index (χ1v) is 8.12. The van der Waals surface area contributed by atoms with Crippen molar-refractivity contribution in [2.24, 2.45) is 0 Å². The zero-order valence-corrected chi connectivity index (χ0v) is 15.1. The number of ketones is 1. The minimum atomic E-state index is -0.720. The van der Waals surface area contributed by atoms with Gasteiger partial charge in [0.2, 0.25) is 0 Å². The van der Waals surface area contributed by atoms with Gasteiger partial charge in [-0.15, -0.1) is 0 Å². The van der Waals surface area contributed by atoms with E-state index < -0.39 is 11.4 Å². The number of methoxy groups -OCH3 is 3. The van der Waals surface area contributed by atoms with Crippen LogP contribution < -0.4 is 19.8 Å². The number of allylic oxidation sites excluding steroid dienone is 1. The van der Waals surface area contributed by atoms with Gasteiger partial charge in [0.25, 0.3) is 0 Å². The quantitative estimate of drug-likeness (QED) is 0.376. The van der Waals surface area contributed by atoms with Crippen LogP contribution in [0.3, 0.4) is 0 Å². The monoisotopic (exact) mass is 366 g/mol. The lowest BCUT2D eigenvalue weighted by Gasteiger charge is -2.08. The molecule has 6 nitrogen and oxygen atoms in total. The van der Waals surface area contributed by atoms with Crippen molar-refractivity contribution in [1.29, 1.82) is 0 Å². The SMILES string of the molecule is COc1ccc(C=CC(=O)c2cc3c(OC)cc(OC)cc3oc2=O)cc1. The highest BCUT2D eigenvalue weighted by Crippen LogP contribution is 2.30. The second kappa shape index (κ2) is 7.78. The van der Waals surface area contributed by atoms with E-state index in [0.717, 1.165) is 11.3 Å². The van der Waals surface area contributed by atoms with Crippen molar-refractivity contribution < 1.29 is 23.4 Å². The first-order valence-electron chi connectivity index (χ1n) is 8.12. The van der Waals surface area contributed by atoms with Crippen LogP contribution in [0.15, 0.2) is 57.8 Å². The third-order valence-corrected chi connectivity index (χ3v) is 4.05. The molecule has 138 valence electrons. The Labute approximate surface area is 155 Å². The number of carbonyl (C=O) groups is 1. The highest BCUT2D eigenvalue weighted by molar-refractivity contribution is 6.08. The number of hydrogen-bond acceptors (Lipinski definition) is 6. The van der Waals surface area contributed by atoms with Crippen molar-refractivity contribution in [2.75, 3.05) is 21.3 Å². The zero-order valence-electron chi connectivity index (χ0n) is 15.1. The van der Waals surface area contributed by atoms with Gasteiger partial charge in [-0.2, -0.15) is 0 Å². The summed E-state index contributed by atoms with van der Waals surface area (Å²) in [6, 6.07) is 11.9.